The lowest BCUT2D eigenvalue weighted by Gasteiger charge is -2.28. The van der Waals surface area contributed by atoms with E-state index in [2.05, 4.69) is 35.3 Å². The first-order valence-electron chi connectivity index (χ1n) is 14.6. The van der Waals surface area contributed by atoms with E-state index in [1.165, 1.54) is 0 Å². The number of nitrogens with one attached hydrogen (secondary N) is 3. The van der Waals surface area contributed by atoms with E-state index in [0.29, 0.717) is 24.3 Å². The SMILES string of the molecule is CC(C)CCNCc1ccc2c(c1)OCCC2NC(=O)CC(NS(=O)(=O)c1cccc2ccccc12)c1ccccc1. The van der Waals surface area contributed by atoms with Gasteiger partial charge in [-0.05, 0) is 47.5 Å². The highest BCUT2D eigenvalue weighted by atomic mass is 32.2. The molecule has 0 bridgehead atoms. The van der Waals surface area contributed by atoms with Crippen LogP contribution in [0.1, 0.15) is 61.9 Å². The maximum absolute atomic E-state index is 13.7. The number of benzene rings is 4. The lowest BCUT2D eigenvalue weighted by atomic mass is 9.98. The number of hydrogen-bond acceptors (Lipinski definition) is 5. The summed E-state index contributed by atoms with van der Waals surface area (Å²) in [5.74, 6) is 1.21. The van der Waals surface area contributed by atoms with Gasteiger partial charge in [0.1, 0.15) is 5.75 Å². The average molecular weight is 586 g/mol. The molecule has 1 aliphatic rings. The van der Waals surface area contributed by atoms with Gasteiger partial charge >= 0.3 is 0 Å². The second-order valence-electron chi connectivity index (χ2n) is 11.3. The van der Waals surface area contributed by atoms with Gasteiger partial charge in [0.2, 0.25) is 15.9 Å². The minimum absolute atomic E-state index is 0.0431. The molecule has 2 unspecified atom stereocenters. The van der Waals surface area contributed by atoms with Crippen LogP contribution in [0.3, 0.4) is 0 Å². The van der Waals surface area contributed by atoms with Crippen molar-refractivity contribution in [3.63, 3.8) is 0 Å². The molecule has 220 valence electrons. The molecule has 0 spiro atoms. The third-order valence-corrected chi connectivity index (χ3v) is 9.14. The summed E-state index contributed by atoms with van der Waals surface area (Å²) in [6.45, 7) is 6.64. The number of carbonyl (C=O) groups excluding carboxylic acids is 1. The van der Waals surface area contributed by atoms with Crippen LogP contribution in [0.4, 0.5) is 0 Å². The second kappa shape index (κ2) is 13.5. The molecular formula is C34H39N3O4S. The van der Waals surface area contributed by atoms with Gasteiger partial charge in [-0.15, -0.1) is 0 Å². The van der Waals surface area contributed by atoms with Crippen molar-refractivity contribution in [1.29, 1.82) is 0 Å². The fourth-order valence-corrected chi connectivity index (χ4v) is 6.80. The lowest BCUT2D eigenvalue weighted by molar-refractivity contribution is -0.122. The summed E-state index contributed by atoms with van der Waals surface area (Å²) in [6, 6.07) is 27.0. The Bertz CT molecular complexity index is 1620. The summed E-state index contributed by atoms with van der Waals surface area (Å²) in [7, 11) is -3.94. The highest BCUT2D eigenvalue weighted by molar-refractivity contribution is 7.89. The predicted octanol–water partition coefficient (Wildman–Crippen LogP) is 6.03. The fraction of sp³-hybridized carbons (Fsp3) is 0.324. The molecule has 42 heavy (non-hydrogen) atoms. The zero-order chi connectivity index (χ0) is 29.5. The van der Waals surface area contributed by atoms with Crippen molar-refractivity contribution in [3.8, 4) is 5.75 Å². The Morgan fingerprint density at radius 2 is 1.71 bits per heavy atom. The van der Waals surface area contributed by atoms with E-state index in [-0.39, 0.29) is 23.3 Å². The second-order valence-corrected chi connectivity index (χ2v) is 12.9. The van der Waals surface area contributed by atoms with Crippen molar-refractivity contribution in [2.24, 2.45) is 5.92 Å². The molecule has 8 heteroatoms. The van der Waals surface area contributed by atoms with Gasteiger partial charge in [0.15, 0.2) is 0 Å². The summed E-state index contributed by atoms with van der Waals surface area (Å²) >= 11 is 0. The Morgan fingerprint density at radius 1 is 0.952 bits per heavy atom. The first kappa shape index (κ1) is 29.8. The van der Waals surface area contributed by atoms with E-state index < -0.39 is 16.1 Å². The van der Waals surface area contributed by atoms with E-state index in [1.807, 2.05) is 66.7 Å². The third kappa shape index (κ3) is 7.37. The number of sulfonamides is 1. The quantitative estimate of drug-likeness (QED) is 0.177. The fourth-order valence-electron chi connectivity index (χ4n) is 5.35. The Labute approximate surface area is 248 Å². The predicted molar refractivity (Wildman–Crippen MR) is 167 cm³/mol. The average Bonchev–Trinajstić information content (AvgIpc) is 2.99. The number of rotatable bonds is 12. The molecule has 2 atom stereocenters. The minimum atomic E-state index is -3.94. The lowest BCUT2D eigenvalue weighted by Crippen LogP contribution is -2.36. The van der Waals surface area contributed by atoms with Crippen LogP contribution in [-0.4, -0.2) is 27.5 Å². The monoisotopic (exact) mass is 585 g/mol. The zero-order valence-electron chi connectivity index (χ0n) is 24.2. The van der Waals surface area contributed by atoms with Gasteiger partial charge < -0.3 is 15.4 Å². The van der Waals surface area contributed by atoms with Crippen LogP contribution in [0.15, 0.2) is 95.9 Å². The zero-order valence-corrected chi connectivity index (χ0v) is 25.0. The van der Waals surface area contributed by atoms with E-state index in [0.717, 1.165) is 47.3 Å². The number of fused-ring (bicyclic) bond motifs is 2. The summed E-state index contributed by atoms with van der Waals surface area (Å²) in [6.07, 6.45) is 1.72. The number of hydrogen-bond donors (Lipinski definition) is 3. The van der Waals surface area contributed by atoms with Crippen molar-refractivity contribution >= 4 is 26.7 Å². The maximum Gasteiger partial charge on any atom is 0.241 e. The first-order chi connectivity index (χ1) is 20.3. The van der Waals surface area contributed by atoms with Crippen molar-refractivity contribution in [2.75, 3.05) is 13.2 Å². The van der Waals surface area contributed by atoms with Gasteiger partial charge in [-0.25, -0.2) is 13.1 Å². The van der Waals surface area contributed by atoms with E-state index in [4.69, 9.17) is 4.74 Å². The molecule has 0 aromatic heterocycles. The Kier molecular flexibility index (Phi) is 9.57. The van der Waals surface area contributed by atoms with Crippen LogP contribution < -0.4 is 20.1 Å². The van der Waals surface area contributed by atoms with Crippen molar-refractivity contribution in [3.05, 3.63) is 108 Å². The summed E-state index contributed by atoms with van der Waals surface area (Å²) < 4.78 is 36.1. The van der Waals surface area contributed by atoms with Gasteiger partial charge in [0.05, 0.1) is 23.6 Å². The highest BCUT2D eigenvalue weighted by Gasteiger charge is 2.28. The smallest absolute Gasteiger partial charge is 0.241 e. The van der Waals surface area contributed by atoms with Crippen molar-refractivity contribution in [1.82, 2.24) is 15.4 Å². The molecule has 0 saturated carbocycles. The number of carbonyl (C=O) groups is 1. The first-order valence-corrected chi connectivity index (χ1v) is 16.1. The maximum atomic E-state index is 13.7. The van der Waals surface area contributed by atoms with Crippen LogP contribution in [0, 0.1) is 5.92 Å². The van der Waals surface area contributed by atoms with Crippen LogP contribution in [-0.2, 0) is 21.4 Å². The van der Waals surface area contributed by atoms with Gasteiger partial charge in [0.25, 0.3) is 0 Å². The molecule has 0 fully saturated rings. The molecular weight excluding hydrogens is 546 g/mol. The van der Waals surface area contributed by atoms with Crippen molar-refractivity contribution in [2.45, 2.75) is 56.6 Å². The van der Waals surface area contributed by atoms with Gasteiger partial charge in [-0.1, -0.05) is 92.7 Å². The van der Waals surface area contributed by atoms with Crippen LogP contribution in [0.2, 0.25) is 0 Å². The van der Waals surface area contributed by atoms with Crippen molar-refractivity contribution < 1.29 is 17.9 Å². The summed E-state index contributed by atoms with van der Waals surface area (Å²) in [5.41, 5.74) is 2.79. The van der Waals surface area contributed by atoms with E-state index >= 15 is 0 Å². The van der Waals surface area contributed by atoms with Crippen LogP contribution >= 0.6 is 0 Å². The Hall–Kier alpha value is -3.72. The molecule has 1 heterocycles. The standard InChI is InChI=1S/C34H39N3O4S/c1-24(2)17-19-35-23-25-15-16-29-30(18-20-41-32(29)21-25)36-34(38)22-31(27-10-4-3-5-11-27)37-42(39,40)33-14-8-12-26-9-6-7-13-28(26)33/h3-16,21,24,30-31,35,37H,17-20,22-23H2,1-2H3,(H,36,38). The van der Waals surface area contributed by atoms with Crippen LogP contribution in [0.25, 0.3) is 10.8 Å². The van der Waals surface area contributed by atoms with E-state index in [1.54, 1.807) is 18.2 Å². The Morgan fingerprint density at radius 3 is 2.52 bits per heavy atom. The Balaban J connectivity index is 1.30. The largest absolute Gasteiger partial charge is 0.493 e. The topological polar surface area (TPSA) is 96.5 Å². The molecule has 3 N–H and O–H groups in total. The molecule has 4 aromatic rings. The van der Waals surface area contributed by atoms with Gasteiger partial charge in [-0.2, -0.15) is 0 Å². The minimum Gasteiger partial charge on any atom is -0.493 e. The number of amides is 1. The van der Waals surface area contributed by atoms with Crippen LogP contribution in [0.5, 0.6) is 5.75 Å². The summed E-state index contributed by atoms with van der Waals surface area (Å²) in [5, 5.41) is 8.10. The summed E-state index contributed by atoms with van der Waals surface area (Å²) in [4.78, 5) is 13.6. The highest BCUT2D eigenvalue weighted by Crippen LogP contribution is 2.33. The van der Waals surface area contributed by atoms with Gasteiger partial charge in [-0.3, -0.25) is 4.79 Å². The van der Waals surface area contributed by atoms with E-state index in [9.17, 15) is 13.2 Å². The number of ether oxygens (including phenoxy) is 1. The molecule has 0 radical (unpaired) electrons. The molecule has 1 aliphatic heterocycles. The molecule has 0 saturated heterocycles. The molecule has 4 aromatic carbocycles. The molecule has 1 amide bonds. The molecule has 0 aliphatic carbocycles. The third-order valence-electron chi connectivity index (χ3n) is 7.61. The van der Waals surface area contributed by atoms with Gasteiger partial charge in [0, 0.05) is 30.3 Å². The normalized spacial score (nSPS) is 15.6. The molecule has 7 nitrogen and oxygen atoms in total. The molecule has 5 rings (SSSR count).